The van der Waals surface area contributed by atoms with Crippen molar-refractivity contribution in [2.75, 3.05) is 13.7 Å². The number of nitrogens with zero attached hydrogens (tertiary/aromatic N) is 1. The maximum absolute atomic E-state index is 13.9. The van der Waals surface area contributed by atoms with E-state index in [2.05, 4.69) is 10.6 Å². The third-order valence-corrected chi connectivity index (χ3v) is 6.93. The molecule has 2 amide bonds. The predicted molar refractivity (Wildman–Crippen MR) is 125 cm³/mol. The summed E-state index contributed by atoms with van der Waals surface area (Å²) in [6, 6.07) is 3.72. The highest BCUT2D eigenvalue weighted by atomic mass is 19.1. The molecule has 1 aromatic carbocycles. The molecule has 0 unspecified atom stereocenters. The number of guanidine groups is 1. The van der Waals surface area contributed by atoms with Gasteiger partial charge in [0, 0.05) is 49.6 Å². The van der Waals surface area contributed by atoms with Crippen molar-refractivity contribution in [3.63, 3.8) is 0 Å². The topological polar surface area (TPSA) is 104 Å². The molecular weight excluding hydrogens is 439 g/mol. The van der Waals surface area contributed by atoms with Crippen LogP contribution in [-0.4, -0.2) is 53.6 Å². The zero-order chi connectivity index (χ0) is 24.8. The van der Waals surface area contributed by atoms with Gasteiger partial charge in [-0.3, -0.25) is 19.9 Å². The van der Waals surface area contributed by atoms with Gasteiger partial charge >= 0.3 is 0 Å². The minimum Gasteiger partial charge on any atom is -0.487 e. The summed E-state index contributed by atoms with van der Waals surface area (Å²) in [5, 5.41) is 14.7. The third kappa shape index (κ3) is 5.04. The lowest BCUT2D eigenvalue weighted by Crippen LogP contribution is -2.63. The van der Waals surface area contributed by atoms with Crippen molar-refractivity contribution in [1.82, 2.24) is 15.5 Å². The van der Waals surface area contributed by atoms with Crippen LogP contribution in [0.25, 0.3) is 0 Å². The Kier molecular flexibility index (Phi) is 6.35. The van der Waals surface area contributed by atoms with Gasteiger partial charge in [0.05, 0.1) is 6.04 Å². The second kappa shape index (κ2) is 8.83. The van der Waals surface area contributed by atoms with Crippen molar-refractivity contribution in [3.05, 3.63) is 29.6 Å². The summed E-state index contributed by atoms with van der Waals surface area (Å²) >= 11 is 0. The van der Waals surface area contributed by atoms with Gasteiger partial charge in [0.15, 0.2) is 5.96 Å². The zero-order valence-corrected chi connectivity index (χ0v) is 20.5. The Morgan fingerprint density at radius 1 is 1.38 bits per heavy atom. The summed E-state index contributed by atoms with van der Waals surface area (Å²) in [5.41, 5.74) is -0.337. The molecular formula is C25H35FN4O4. The molecule has 2 fully saturated rings. The molecule has 1 saturated heterocycles. The predicted octanol–water partition coefficient (Wildman–Crippen LogP) is 3.12. The lowest BCUT2D eigenvalue weighted by atomic mass is 9.89. The van der Waals surface area contributed by atoms with E-state index in [4.69, 9.17) is 14.9 Å². The fourth-order valence-corrected chi connectivity index (χ4v) is 5.31. The molecule has 0 spiro atoms. The molecule has 1 aliphatic carbocycles. The fraction of sp³-hybridized carbons (Fsp3) is 0.640. The highest BCUT2D eigenvalue weighted by molar-refractivity contribution is 5.99. The van der Waals surface area contributed by atoms with Crippen LogP contribution in [0.3, 0.4) is 0 Å². The number of halogens is 1. The van der Waals surface area contributed by atoms with Crippen molar-refractivity contribution in [3.8, 4) is 5.75 Å². The first kappa shape index (κ1) is 24.4. The molecule has 1 aromatic rings. The minimum atomic E-state index is -0.500. The Morgan fingerprint density at radius 3 is 2.79 bits per heavy atom. The van der Waals surface area contributed by atoms with Crippen molar-refractivity contribution in [2.24, 2.45) is 11.8 Å². The first-order chi connectivity index (χ1) is 15.9. The summed E-state index contributed by atoms with van der Waals surface area (Å²) < 4.78 is 25.2. The lowest BCUT2D eigenvalue weighted by molar-refractivity contribution is -0.133. The Bertz CT molecular complexity index is 975. The molecule has 0 bridgehead atoms. The second-order valence-electron chi connectivity index (χ2n) is 11.0. The Morgan fingerprint density at radius 2 is 2.12 bits per heavy atom. The maximum atomic E-state index is 13.9. The van der Waals surface area contributed by atoms with Crippen LogP contribution in [0.5, 0.6) is 5.75 Å². The lowest BCUT2D eigenvalue weighted by Gasteiger charge is -2.42. The van der Waals surface area contributed by atoms with E-state index < -0.39 is 11.1 Å². The van der Waals surface area contributed by atoms with Gasteiger partial charge < -0.3 is 20.1 Å². The molecule has 0 radical (unpaired) electrons. The normalized spacial score (nSPS) is 27.8. The molecule has 8 nitrogen and oxygen atoms in total. The first-order valence-electron chi connectivity index (χ1n) is 11.9. The van der Waals surface area contributed by atoms with Gasteiger partial charge in [-0.2, -0.15) is 0 Å². The molecule has 34 heavy (non-hydrogen) atoms. The average molecular weight is 475 g/mol. The van der Waals surface area contributed by atoms with Crippen LogP contribution in [0.4, 0.5) is 4.39 Å². The summed E-state index contributed by atoms with van der Waals surface area (Å²) in [6.45, 7) is 8.11. The minimum absolute atomic E-state index is 0.0673. The molecule has 2 aliphatic heterocycles. The molecule has 4 rings (SSSR count). The van der Waals surface area contributed by atoms with Gasteiger partial charge in [-0.15, -0.1) is 0 Å². The van der Waals surface area contributed by atoms with Gasteiger partial charge in [-0.05, 0) is 64.7 Å². The van der Waals surface area contributed by atoms with Crippen LogP contribution in [-0.2, 0) is 14.3 Å². The SMILES string of the molecule is COCC[C@H]([C@@H]1C[C@H]1C(=O)N[C@H]1CC(C)(C)Oc2ccc(F)cc21)N1C(=N)NC(C)(C)CC1=O. The summed E-state index contributed by atoms with van der Waals surface area (Å²) in [7, 11) is 1.60. The number of ether oxygens (including phenoxy) is 2. The van der Waals surface area contributed by atoms with E-state index >= 15 is 0 Å². The molecule has 2 heterocycles. The van der Waals surface area contributed by atoms with E-state index in [0.29, 0.717) is 37.2 Å². The van der Waals surface area contributed by atoms with Crippen LogP contribution in [0.15, 0.2) is 18.2 Å². The maximum Gasteiger partial charge on any atom is 0.231 e. The van der Waals surface area contributed by atoms with Crippen molar-refractivity contribution >= 4 is 17.8 Å². The number of fused-ring (bicyclic) bond motifs is 1. The summed E-state index contributed by atoms with van der Waals surface area (Å²) in [4.78, 5) is 27.7. The number of carbonyl (C=O) groups is 2. The van der Waals surface area contributed by atoms with Gasteiger partial charge in [0.1, 0.15) is 17.2 Å². The van der Waals surface area contributed by atoms with Gasteiger partial charge in [-0.1, -0.05) is 0 Å². The van der Waals surface area contributed by atoms with Gasteiger partial charge in [0.2, 0.25) is 11.8 Å². The van der Waals surface area contributed by atoms with E-state index in [9.17, 15) is 14.0 Å². The smallest absolute Gasteiger partial charge is 0.231 e. The number of methoxy groups -OCH3 is 1. The molecule has 0 aromatic heterocycles. The molecule has 4 atom stereocenters. The van der Waals surface area contributed by atoms with Crippen LogP contribution in [0, 0.1) is 23.1 Å². The van der Waals surface area contributed by atoms with Gasteiger partial charge in [0.25, 0.3) is 0 Å². The number of hydrogen-bond donors (Lipinski definition) is 3. The monoisotopic (exact) mass is 474 g/mol. The van der Waals surface area contributed by atoms with E-state index in [0.717, 1.165) is 0 Å². The molecule has 186 valence electrons. The molecule has 3 aliphatic rings. The zero-order valence-electron chi connectivity index (χ0n) is 20.5. The van der Waals surface area contributed by atoms with E-state index in [1.165, 1.54) is 17.0 Å². The highest BCUT2D eigenvalue weighted by Gasteiger charge is 2.53. The molecule has 1 saturated carbocycles. The number of benzene rings is 1. The molecule has 3 N–H and O–H groups in total. The highest BCUT2D eigenvalue weighted by Crippen LogP contribution is 2.46. The van der Waals surface area contributed by atoms with Crippen molar-refractivity contribution < 1.29 is 23.5 Å². The van der Waals surface area contributed by atoms with E-state index in [1.807, 2.05) is 27.7 Å². The largest absolute Gasteiger partial charge is 0.487 e. The van der Waals surface area contributed by atoms with Crippen LogP contribution < -0.4 is 15.4 Å². The quantitative estimate of drug-likeness (QED) is 0.563. The number of amides is 2. The van der Waals surface area contributed by atoms with Gasteiger partial charge in [-0.25, -0.2) is 4.39 Å². The first-order valence-corrected chi connectivity index (χ1v) is 11.9. The Hall–Kier alpha value is -2.68. The third-order valence-electron chi connectivity index (χ3n) is 6.93. The Balaban J connectivity index is 1.49. The van der Waals surface area contributed by atoms with Crippen LogP contribution in [0.1, 0.15) is 65.0 Å². The van der Waals surface area contributed by atoms with E-state index in [1.54, 1.807) is 13.2 Å². The van der Waals surface area contributed by atoms with Crippen molar-refractivity contribution in [1.29, 1.82) is 5.41 Å². The summed E-state index contributed by atoms with van der Waals surface area (Å²) in [6.07, 6.45) is 1.97. The number of rotatable bonds is 7. The number of nitrogens with one attached hydrogen (secondary N) is 3. The summed E-state index contributed by atoms with van der Waals surface area (Å²) in [5.74, 6) is -0.296. The molecule has 9 heteroatoms. The second-order valence-corrected chi connectivity index (χ2v) is 11.0. The average Bonchev–Trinajstić information content (AvgIpc) is 3.50. The van der Waals surface area contributed by atoms with E-state index in [-0.39, 0.29) is 53.9 Å². The van der Waals surface area contributed by atoms with Crippen molar-refractivity contribution in [2.45, 2.75) is 76.6 Å². The number of hydrogen-bond acceptors (Lipinski definition) is 5. The number of carbonyl (C=O) groups excluding carboxylic acids is 2. The van der Waals surface area contributed by atoms with Crippen LogP contribution >= 0.6 is 0 Å². The standard InChI is InChI=1S/C25H35FN4O4/c1-24(2)13-21(31)30(23(27)29-24)19(8-9-33-5)15-11-16(15)22(32)28-18-12-25(3,4)34-20-7-6-14(26)10-17(18)20/h6-7,10,15-16,18-19H,8-9,11-13H2,1-5H3,(H2,27,29)(H,28,32)/t15-,16-,18+,19-/m1/s1. The Labute approximate surface area is 200 Å². The van der Waals surface area contributed by atoms with Crippen LogP contribution in [0.2, 0.25) is 0 Å². The fourth-order valence-electron chi connectivity index (χ4n) is 5.31.